The third-order valence-corrected chi connectivity index (χ3v) is 2.06. The first-order valence-corrected chi connectivity index (χ1v) is 5.00. The Kier molecular flexibility index (Phi) is 5.52. The van der Waals surface area contributed by atoms with E-state index < -0.39 is 0 Å². The van der Waals surface area contributed by atoms with Gasteiger partial charge in [0.15, 0.2) is 0 Å². The van der Waals surface area contributed by atoms with Gasteiger partial charge in [-0.3, -0.25) is 0 Å². The van der Waals surface area contributed by atoms with Crippen molar-refractivity contribution >= 4 is 0 Å². The summed E-state index contributed by atoms with van der Waals surface area (Å²) >= 11 is 0. The van der Waals surface area contributed by atoms with Gasteiger partial charge in [-0.1, -0.05) is 0 Å². The second-order valence-electron chi connectivity index (χ2n) is 3.16. The average Bonchev–Trinajstić information content (AvgIpc) is 2.70. The van der Waals surface area contributed by atoms with Gasteiger partial charge in [-0.15, -0.1) is 0 Å². The smallest absolute Gasteiger partial charge is 0.120 e. The highest BCUT2D eigenvalue weighted by molar-refractivity contribution is 5.21. The Bertz CT molecular complexity index is 315. The number of nitrogens with zero attached hydrogens (tertiary/aromatic N) is 2. The first kappa shape index (κ1) is 11.8. The van der Waals surface area contributed by atoms with E-state index in [1.807, 2.05) is 16.8 Å². The van der Waals surface area contributed by atoms with Gasteiger partial charge in [0.25, 0.3) is 0 Å². The van der Waals surface area contributed by atoms with Crippen LogP contribution < -0.4 is 0 Å². The Hall–Kier alpha value is -1.31. The molecule has 1 rings (SSSR count). The van der Waals surface area contributed by atoms with Crippen molar-refractivity contribution in [2.45, 2.75) is 13.0 Å². The molecule has 82 valence electrons. The van der Waals surface area contributed by atoms with E-state index in [4.69, 9.17) is 14.7 Å². The molecule has 0 N–H and O–H groups in total. The molecule has 0 atom stereocenters. The lowest BCUT2D eigenvalue weighted by atomic mass is 10.4. The standard InChI is InChI=1S/C11H16N2O2/c1-14-7-3-8-15-9-6-13-5-2-4-11(13)10-12/h2,4-5H,3,6-9H2,1H3. The zero-order valence-corrected chi connectivity index (χ0v) is 8.98. The van der Waals surface area contributed by atoms with E-state index in [2.05, 4.69) is 6.07 Å². The van der Waals surface area contributed by atoms with Gasteiger partial charge in [0.05, 0.1) is 6.61 Å². The molecule has 4 nitrogen and oxygen atoms in total. The van der Waals surface area contributed by atoms with Gasteiger partial charge in [-0.25, -0.2) is 0 Å². The molecule has 4 heteroatoms. The molecule has 0 unspecified atom stereocenters. The van der Waals surface area contributed by atoms with Crippen molar-refractivity contribution in [3.05, 3.63) is 24.0 Å². The van der Waals surface area contributed by atoms with Crippen molar-refractivity contribution in [1.29, 1.82) is 5.26 Å². The molecule has 15 heavy (non-hydrogen) atoms. The number of hydrogen-bond donors (Lipinski definition) is 0. The maximum absolute atomic E-state index is 8.75. The molecule has 1 aromatic rings. The van der Waals surface area contributed by atoms with E-state index in [0.29, 0.717) is 18.9 Å². The summed E-state index contributed by atoms with van der Waals surface area (Å²) in [6.45, 7) is 2.79. The van der Waals surface area contributed by atoms with Crippen LogP contribution in [0.15, 0.2) is 18.3 Å². The van der Waals surface area contributed by atoms with E-state index in [1.54, 1.807) is 13.2 Å². The van der Waals surface area contributed by atoms with Crippen LogP contribution in [0.3, 0.4) is 0 Å². The van der Waals surface area contributed by atoms with Crippen LogP contribution in [0, 0.1) is 11.3 Å². The van der Waals surface area contributed by atoms with Crippen molar-refractivity contribution in [3.8, 4) is 6.07 Å². The van der Waals surface area contributed by atoms with Crippen LogP contribution in [0.25, 0.3) is 0 Å². The maximum Gasteiger partial charge on any atom is 0.120 e. The van der Waals surface area contributed by atoms with Gasteiger partial charge in [0, 0.05) is 33.1 Å². The van der Waals surface area contributed by atoms with Gasteiger partial charge in [-0.05, 0) is 18.6 Å². The van der Waals surface area contributed by atoms with E-state index in [9.17, 15) is 0 Å². The molecule has 0 aliphatic heterocycles. The molecule has 0 spiro atoms. The quantitative estimate of drug-likeness (QED) is 0.636. The molecular weight excluding hydrogens is 192 g/mol. The van der Waals surface area contributed by atoms with Crippen molar-refractivity contribution in [2.75, 3.05) is 26.9 Å². The molecule has 0 amide bonds. The van der Waals surface area contributed by atoms with Crippen molar-refractivity contribution < 1.29 is 9.47 Å². The number of methoxy groups -OCH3 is 1. The topological polar surface area (TPSA) is 47.2 Å². The average molecular weight is 208 g/mol. The number of rotatable bonds is 7. The number of nitriles is 1. The molecule has 0 bridgehead atoms. The molecule has 0 radical (unpaired) electrons. The van der Waals surface area contributed by atoms with Crippen molar-refractivity contribution in [1.82, 2.24) is 4.57 Å². The van der Waals surface area contributed by atoms with Gasteiger partial charge >= 0.3 is 0 Å². The SMILES string of the molecule is COCCCOCCn1cccc1C#N. The number of hydrogen-bond acceptors (Lipinski definition) is 3. The summed E-state index contributed by atoms with van der Waals surface area (Å²) in [7, 11) is 1.68. The molecule has 0 fully saturated rings. The summed E-state index contributed by atoms with van der Waals surface area (Å²) in [6, 6.07) is 5.79. The lowest BCUT2D eigenvalue weighted by Crippen LogP contribution is -2.08. The predicted molar refractivity (Wildman–Crippen MR) is 56.5 cm³/mol. The molecule has 0 aliphatic rings. The number of ether oxygens (including phenoxy) is 2. The molecule has 0 aliphatic carbocycles. The highest BCUT2D eigenvalue weighted by Gasteiger charge is 1.98. The summed E-state index contributed by atoms with van der Waals surface area (Å²) in [5.74, 6) is 0. The lowest BCUT2D eigenvalue weighted by molar-refractivity contribution is 0.0976. The zero-order chi connectivity index (χ0) is 10.9. The van der Waals surface area contributed by atoms with Crippen molar-refractivity contribution in [3.63, 3.8) is 0 Å². The molecule has 0 saturated heterocycles. The second-order valence-corrected chi connectivity index (χ2v) is 3.16. The predicted octanol–water partition coefficient (Wildman–Crippen LogP) is 1.41. The Morgan fingerprint density at radius 2 is 2.27 bits per heavy atom. The molecular formula is C11H16N2O2. The maximum atomic E-state index is 8.75. The monoisotopic (exact) mass is 208 g/mol. The van der Waals surface area contributed by atoms with Crippen LogP contribution in [0.1, 0.15) is 12.1 Å². The van der Waals surface area contributed by atoms with Crippen LogP contribution in [0.4, 0.5) is 0 Å². The summed E-state index contributed by atoms with van der Waals surface area (Å²) in [5.41, 5.74) is 0.676. The minimum absolute atomic E-state index is 0.632. The Labute approximate surface area is 90.0 Å². The summed E-state index contributed by atoms with van der Waals surface area (Å²) in [4.78, 5) is 0. The third-order valence-electron chi connectivity index (χ3n) is 2.06. The minimum atomic E-state index is 0.632. The largest absolute Gasteiger partial charge is 0.385 e. The lowest BCUT2D eigenvalue weighted by Gasteiger charge is -2.05. The molecule has 0 aromatic carbocycles. The molecule has 1 aromatic heterocycles. The van der Waals surface area contributed by atoms with Crippen molar-refractivity contribution in [2.24, 2.45) is 0 Å². The normalized spacial score (nSPS) is 10.1. The minimum Gasteiger partial charge on any atom is -0.385 e. The van der Waals surface area contributed by atoms with Crippen LogP contribution in [0.5, 0.6) is 0 Å². The first-order chi connectivity index (χ1) is 7.38. The van der Waals surface area contributed by atoms with Gasteiger partial charge < -0.3 is 14.0 Å². The van der Waals surface area contributed by atoms with Gasteiger partial charge in [0.1, 0.15) is 11.8 Å². The Morgan fingerprint density at radius 1 is 1.40 bits per heavy atom. The van der Waals surface area contributed by atoms with Crippen LogP contribution in [-0.4, -0.2) is 31.5 Å². The van der Waals surface area contributed by atoms with E-state index >= 15 is 0 Å². The van der Waals surface area contributed by atoms with E-state index in [-0.39, 0.29) is 0 Å². The summed E-state index contributed by atoms with van der Waals surface area (Å²) in [5, 5.41) is 8.75. The summed E-state index contributed by atoms with van der Waals surface area (Å²) in [6.07, 6.45) is 2.80. The summed E-state index contributed by atoms with van der Waals surface area (Å²) < 4.78 is 12.2. The molecule has 1 heterocycles. The second kappa shape index (κ2) is 7.04. The highest BCUT2D eigenvalue weighted by atomic mass is 16.5. The third kappa shape index (κ3) is 4.15. The van der Waals surface area contributed by atoms with E-state index in [0.717, 1.165) is 19.6 Å². The molecule has 0 saturated carbocycles. The number of aromatic nitrogens is 1. The fraction of sp³-hybridized carbons (Fsp3) is 0.545. The zero-order valence-electron chi connectivity index (χ0n) is 8.98. The van der Waals surface area contributed by atoms with Gasteiger partial charge in [0.2, 0.25) is 0 Å². The fourth-order valence-electron chi connectivity index (χ4n) is 1.28. The van der Waals surface area contributed by atoms with Gasteiger partial charge in [-0.2, -0.15) is 5.26 Å². The first-order valence-electron chi connectivity index (χ1n) is 5.00. The van der Waals surface area contributed by atoms with Crippen LogP contribution in [0.2, 0.25) is 0 Å². The Morgan fingerprint density at radius 3 is 3.00 bits per heavy atom. The van der Waals surface area contributed by atoms with E-state index in [1.165, 1.54) is 0 Å². The van der Waals surface area contributed by atoms with Crippen LogP contribution in [-0.2, 0) is 16.0 Å². The fourth-order valence-corrected chi connectivity index (χ4v) is 1.28. The highest BCUT2D eigenvalue weighted by Crippen LogP contribution is 1.99. The van der Waals surface area contributed by atoms with Crippen LogP contribution >= 0.6 is 0 Å². The Balaban J connectivity index is 2.13.